The number of carbonyl (C=O) groups is 1. The minimum atomic E-state index is -0.634. The Morgan fingerprint density at radius 3 is 2.35 bits per heavy atom. The van der Waals surface area contributed by atoms with Gasteiger partial charge in [-0.15, -0.1) is 0 Å². The van der Waals surface area contributed by atoms with E-state index in [4.69, 9.17) is 0 Å². The molecular formula is C17H17BrF2N2O. The first-order chi connectivity index (χ1) is 10.9. The van der Waals surface area contributed by atoms with Gasteiger partial charge in [0.1, 0.15) is 11.6 Å². The average Bonchev–Trinajstić information content (AvgIpc) is 2.49. The number of halogens is 3. The lowest BCUT2D eigenvalue weighted by Gasteiger charge is -2.20. The molecule has 1 amide bonds. The number of amides is 1. The molecule has 0 heterocycles. The second kappa shape index (κ2) is 7.66. The minimum absolute atomic E-state index is 0.235. The first kappa shape index (κ1) is 17.6. The summed E-state index contributed by atoms with van der Waals surface area (Å²) in [5.74, 6) is -1.49. The zero-order valence-electron chi connectivity index (χ0n) is 12.7. The highest BCUT2D eigenvalue weighted by atomic mass is 79.9. The Labute approximate surface area is 142 Å². The number of benzene rings is 2. The summed E-state index contributed by atoms with van der Waals surface area (Å²) in [7, 11) is 0. The van der Waals surface area contributed by atoms with Crippen molar-refractivity contribution in [1.82, 2.24) is 5.32 Å². The number of hydrogen-bond acceptors (Lipinski definition) is 2. The van der Waals surface area contributed by atoms with Crippen LogP contribution < -0.4 is 10.6 Å². The van der Waals surface area contributed by atoms with Crippen LogP contribution in [0.5, 0.6) is 0 Å². The molecule has 122 valence electrons. The van der Waals surface area contributed by atoms with Gasteiger partial charge in [0, 0.05) is 27.8 Å². The summed E-state index contributed by atoms with van der Waals surface area (Å²) in [5, 5.41) is 5.78. The molecule has 0 radical (unpaired) electrons. The number of anilines is 1. The van der Waals surface area contributed by atoms with Crippen molar-refractivity contribution in [2.45, 2.75) is 25.9 Å². The summed E-state index contributed by atoms with van der Waals surface area (Å²) < 4.78 is 27.6. The Kier molecular flexibility index (Phi) is 5.85. The first-order valence-electron chi connectivity index (χ1n) is 7.14. The van der Waals surface area contributed by atoms with Crippen molar-refractivity contribution in [2.24, 2.45) is 0 Å². The second-order valence-corrected chi connectivity index (χ2v) is 6.19. The lowest BCUT2D eigenvalue weighted by Crippen LogP contribution is -2.39. The second-order valence-electron chi connectivity index (χ2n) is 5.27. The Morgan fingerprint density at radius 2 is 1.74 bits per heavy atom. The summed E-state index contributed by atoms with van der Waals surface area (Å²) in [6.07, 6.45) is 0. The summed E-state index contributed by atoms with van der Waals surface area (Å²) in [4.78, 5) is 12.2. The smallest absolute Gasteiger partial charge is 0.241 e. The third-order valence-corrected chi connectivity index (χ3v) is 3.96. The van der Waals surface area contributed by atoms with E-state index in [0.29, 0.717) is 11.3 Å². The molecule has 0 spiro atoms. The van der Waals surface area contributed by atoms with Crippen LogP contribution in [0.1, 0.15) is 25.5 Å². The van der Waals surface area contributed by atoms with Gasteiger partial charge in [0.2, 0.25) is 5.91 Å². The van der Waals surface area contributed by atoms with Crippen LogP contribution in [0, 0.1) is 11.6 Å². The molecule has 0 aliphatic carbocycles. The fraction of sp³-hybridized carbons (Fsp3) is 0.235. The normalized spacial score (nSPS) is 13.4. The zero-order chi connectivity index (χ0) is 17.0. The summed E-state index contributed by atoms with van der Waals surface area (Å²) in [6.45, 7) is 3.41. The molecule has 23 heavy (non-hydrogen) atoms. The number of hydrogen-bond donors (Lipinski definition) is 2. The van der Waals surface area contributed by atoms with Crippen LogP contribution in [0.15, 0.2) is 46.9 Å². The average molecular weight is 383 g/mol. The van der Waals surface area contributed by atoms with Crippen LogP contribution in [0.3, 0.4) is 0 Å². The lowest BCUT2D eigenvalue weighted by molar-refractivity contribution is -0.117. The molecule has 0 saturated heterocycles. The van der Waals surface area contributed by atoms with Gasteiger partial charge in [0.05, 0.1) is 6.04 Å². The van der Waals surface area contributed by atoms with Gasteiger partial charge in [-0.05, 0) is 44.2 Å². The molecule has 2 rings (SSSR count). The van der Waals surface area contributed by atoms with Crippen molar-refractivity contribution in [3.05, 3.63) is 64.1 Å². The van der Waals surface area contributed by atoms with Crippen molar-refractivity contribution in [1.29, 1.82) is 0 Å². The van der Waals surface area contributed by atoms with E-state index in [1.807, 2.05) is 12.1 Å². The monoisotopic (exact) mass is 382 g/mol. The van der Waals surface area contributed by atoms with Gasteiger partial charge in [-0.25, -0.2) is 8.78 Å². The molecule has 0 aromatic heterocycles. The van der Waals surface area contributed by atoms with Crippen LogP contribution in [0.4, 0.5) is 14.5 Å². The Morgan fingerprint density at radius 1 is 1.09 bits per heavy atom. The molecule has 0 bridgehead atoms. The molecule has 2 aromatic rings. The molecule has 3 nitrogen and oxygen atoms in total. The van der Waals surface area contributed by atoms with Crippen LogP contribution >= 0.6 is 15.9 Å². The predicted molar refractivity (Wildman–Crippen MR) is 90.1 cm³/mol. The molecular weight excluding hydrogens is 366 g/mol. The number of rotatable bonds is 5. The Bertz CT molecular complexity index is 691. The van der Waals surface area contributed by atoms with E-state index < -0.39 is 23.7 Å². The van der Waals surface area contributed by atoms with Crippen LogP contribution in [0.2, 0.25) is 0 Å². The van der Waals surface area contributed by atoms with Crippen molar-refractivity contribution >= 4 is 27.5 Å². The largest absolute Gasteiger partial charge is 0.325 e. The predicted octanol–water partition coefficient (Wildman–Crippen LogP) is 4.41. The van der Waals surface area contributed by atoms with Gasteiger partial charge < -0.3 is 5.32 Å². The SMILES string of the molecule is C[C@H](N[C@H](C)c1ccc(F)cc1F)C(=O)Nc1ccc(Br)cc1. The highest BCUT2D eigenvalue weighted by Gasteiger charge is 2.18. The molecule has 0 unspecified atom stereocenters. The quantitative estimate of drug-likeness (QED) is 0.804. The molecule has 0 fully saturated rings. The van der Waals surface area contributed by atoms with E-state index in [1.165, 1.54) is 12.1 Å². The van der Waals surface area contributed by atoms with Gasteiger partial charge >= 0.3 is 0 Å². The molecule has 2 aromatic carbocycles. The van der Waals surface area contributed by atoms with Gasteiger partial charge in [0.25, 0.3) is 0 Å². The highest BCUT2D eigenvalue weighted by molar-refractivity contribution is 9.10. The van der Waals surface area contributed by atoms with Crippen molar-refractivity contribution in [3.63, 3.8) is 0 Å². The molecule has 0 aliphatic rings. The molecule has 0 saturated carbocycles. The Balaban J connectivity index is 1.98. The van der Waals surface area contributed by atoms with Crippen molar-refractivity contribution < 1.29 is 13.6 Å². The van der Waals surface area contributed by atoms with Gasteiger partial charge in [-0.3, -0.25) is 10.1 Å². The minimum Gasteiger partial charge on any atom is -0.325 e. The topological polar surface area (TPSA) is 41.1 Å². The molecule has 2 N–H and O–H groups in total. The number of nitrogens with one attached hydrogen (secondary N) is 2. The summed E-state index contributed by atoms with van der Waals surface area (Å²) in [5.41, 5.74) is 0.988. The van der Waals surface area contributed by atoms with E-state index in [9.17, 15) is 13.6 Å². The summed E-state index contributed by atoms with van der Waals surface area (Å²) in [6, 6.07) is 9.63. The molecule has 2 atom stereocenters. The first-order valence-corrected chi connectivity index (χ1v) is 7.93. The number of carbonyl (C=O) groups excluding carboxylic acids is 1. The van der Waals surface area contributed by atoms with E-state index >= 15 is 0 Å². The van der Waals surface area contributed by atoms with Crippen LogP contribution in [-0.4, -0.2) is 11.9 Å². The van der Waals surface area contributed by atoms with Gasteiger partial charge in [-0.2, -0.15) is 0 Å². The standard InChI is InChI=1S/C17H17BrF2N2O/c1-10(15-8-5-13(19)9-16(15)20)21-11(2)17(23)22-14-6-3-12(18)4-7-14/h3-11,21H,1-2H3,(H,22,23)/t10-,11+/m1/s1. The fourth-order valence-electron chi connectivity index (χ4n) is 2.18. The molecule has 0 aliphatic heterocycles. The van der Waals surface area contributed by atoms with Crippen LogP contribution in [-0.2, 0) is 4.79 Å². The lowest BCUT2D eigenvalue weighted by atomic mass is 10.1. The van der Waals surface area contributed by atoms with E-state index in [1.54, 1.807) is 26.0 Å². The van der Waals surface area contributed by atoms with Gasteiger partial charge in [-0.1, -0.05) is 22.0 Å². The maximum absolute atomic E-state index is 13.8. The maximum atomic E-state index is 13.8. The van der Waals surface area contributed by atoms with Crippen molar-refractivity contribution in [3.8, 4) is 0 Å². The zero-order valence-corrected chi connectivity index (χ0v) is 14.3. The van der Waals surface area contributed by atoms with E-state index in [0.717, 1.165) is 10.5 Å². The molecule has 6 heteroatoms. The third-order valence-electron chi connectivity index (χ3n) is 3.43. The maximum Gasteiger partial charge on any atom is 0.241 e. The van der Waals surface area contributed by atoms with Crippen LogP contribution in [0.25, 0.3) is 0 Å². The third kappa shape index (κ3) is 4.84. The van der Waals surface area contributed by atoms with Crippen molar-refractivity contribution in [2.75, 3.05) is 5.32 Å². The van der Waals surface area contributed by atoms with Gasteiger partial charge in [0.15, 0.2) is 0 Å². The highest BCUT2D eigenvalue weighted by Crippen LogP contribution is 2.19. The van der Waals surface area contributed by atoms with E-state index in [-0.39, 0.29) is 5.91 Å². The van der Waals surface area contributed by atoms with E-state index in [2.05, 4.69) is 26.6 Å². The fourth-order valence-corrected chi connectivity index (χ4v) is 2.44. The Hall–Kier alpha value is -1.79. The summed E-state index contributed by atoms with van der Waals surface area (Å²) >= 11 is 3.32.